The number of hydrogen-bond donors (Lipinski definition) is 1. The van der Waals surface area contributed by atoms with Gasteiger partial charge in [-0.15, -0.1) is 35.3 Å². The lowest BCUT2D eigenvalue weighted by molar-refractivity contribution is -0.133. The van der Waals surface area contributed by atoms with Gasteiger partial charge < -0.3 is 20.0 Å². The van der Waals surface area contributed by atoms with E-state index in [1.807, 2.05) is 30.9 Å². The molecule has 2 fully saturated rings. The van der Waals surface area contributed by atoms with Gasteiger partial charge >= 0.3 is 0 Å². The zero-order valence-electron chi connectivity index (χ0n) is 17.8. The lowest BCUT2D eigenvalue weighted by Gasteiger charge is -2.37. The van der Waals surface area contributed by atoms with Crippen molar-refractivity contribution in [2.24, 2.45) is 4.99 Å². The molecule has 0 aliphatic carbocycles. The molecule has 0 saturated carbocycles. The number of carbonyl (C=O) groups excluding carboxylic acids is 1. The van der Waals surface area contributed by atoms with E-state index in [0.29, 0.717) is 13.1 Å². The van der Waals surface area contributed by atoms with Crippen molar-refractivity contribution in [2.45, 2.75) is 25.8 Å². The first-order chi connectivity index (χ1) is 13.6. The fraction of sp³-hybridized carbons (Fsp3) is 0.737. The van der Waals surface area contributed by atoms with Gasteiger partial charge in [-0.2, -0.15) is 0 Å². The molecule has 0 aromatic carbocycles. The third-order valence-electron chi connectivity index (χ3n) is 5.30. The molecule has 10 heteroatoms. The Bertz CT molecular complexity index is 667. The quantitative estimate of drug-likeness (QED) is 0.351. The molecular formula is C19H34IN7OS. The second-order valence-corrected chi connectivity index (χ2v) is 8.46. The average molecular weight is 536 g/mol. The predicted octanol–water partition coefficient (Wildman–Crippen LogP) is 1.53. The van der Waals surface area contributed by atoms with E-state index in [9.17, 15) is 4.79 Å². The van der Waals surface area contributed by atoms with Crippen molar-refractivity contribution in [1.29, 1.82) is 0 Å². The van der Waals surface area contributed by atoms with Crippen LogP contribution < -0.4 is 10.2 Å². The SMILES string of the molecule is CN=C(NCc1csc(N(C)C)n1)N1CCN(CC(=O)N2CCCCC2)CC1.I. The topological polar surface area (TPSA) is 67.3 Å². The smallest absolute Gasteiger partial charge is 0.236 e. The van der Waals surface area contributed by atoms with Crippen LogP contribution in [-0.4, -0.2) is 98.5 Å². The Morgan fingerprint density at radius 2 is 1.83 bits per heavy atom. The molecule has 2 saturated heterocycles. The fourth-order valence-corrected chi connectivity index (χ4v) is 4.40. The third-order valence-corrected chi connectivity index (χ3v) is 6.36. The molecule has 0 spiro atoms. The van der Waals surface area contributed by atoms with Crippen LogP contribution in [0, 0.1) is 0 Å². The summed E-state index contributed by atoms with van der Waals surface area (Å²) in [5.74, 6) is 1.19. The van der Waals surface area contributed by atoms with Crippen LogP contribution in [0.1, 0.15) is 25.0 Å². The molecular weight excluding hydrogens is 501 g/mol. The number of halogens is 1. The molecule has 1 amide bonds. The minimum absolute atomic E-state index is 0. The molecule has 1 aromatic heterocycles. The molecule has 1 N–H and O–H groups in total. The summed E-state index contributed by atoms with van der Waals surface area (Å²) in [5, 5.41) is 6.52. The number of piperidine rings is 1. The monoisotopic (exact) mass is 535 g/mol. The van der Waals surface area contributed by atoms with Crippen LogP contribution >= 0.6 is 35.3 Å². The highest BCUT2D eigenvalue weighted by Crippen LogP contribution is 2.17. The van der Waals surface area contributed by atoms with Gasteiger partial charge in [-0.3, -0.25) is 14.7 Å². The van der Waals surface area contributed by atoms with E-state index in [0.717, 1.165) is 68.9 Å². The highest BCUT2D eigenvalue weighted by molar-refractivity contribution is 14.0. The number of guanidine groups is 1. The summed E-state index contributed by atoms with van der Waals surface area (Å²) in [6.45, 7) is 6.63. The second kappa shape index (κ2) is 11.9. The number of anilines is 1. The summed E-state index contributed by atoms with van der Waals surface area (Å²) in [7, 11) is 5.83. The maximum absolute atomic E-state index is 12.5. The first-order valence-corrected chi connectivity index (χ1v) is 11.0. The Balaban J connectivity index is 0.00000300. The van der Waals surface area contributed by atoms with E-state index in [1.54, 1.807) is 11.3 Å². The third kappa shape index (κ3) is 6.95. The van der Waals surface area contributed by atoms with Crippen LogP contribution in [0.5, 0.6) is 0 Å². The molecule has 3 rings (SSSR count). The normalized spacial score (nSPS) is 18.4. The number of amides is 1. The Labute approximate surface area is 195 Å². The lowest BCUT2D eigenvalue weighted by atomic mass is 10.1. The number of aromatic nitrogens is 1. The molecule has 164 valence electrons. The van der Waals surface area contributed by atoms with Crippen molar-refractivity contribution in [2.75, 3.05) is 71.9 Å². The molecule has 0 unspecified atom stereocenters. The molecule has 8 nitrogen and oxygen atoms in total. The summed E-state index contributed by atoms with van der Waals surface area (Å²) in [6.07, 6.45) is 3.55. The number of carbonyl (C=O) groups is 1. The molecule has 29 heavy (non-hydrogen) atoms. The summed E-state index contributed by atoms with van der Waals surface area (Å²) < 4.78 is 0. The van der Waals surface area contributed by atoms with Gasteiger partial charge in [0.1, 0.15) is 0 Å². The summed E-state index contributed by atoms with van der Waals surface area (Å²) in [6, 6.07) is 0. The number of piperazine rings is 1. The van der Waals surface area contributed by atoms with E-state index in [4.69, 9.17) is 0 Å². The van der Waals surface area contributed by atoms with E-state index in [2.05, 4.69) is 30.5 Å². The van der Waals surface area contributed by atoms with E-state index < -0.39 is 0 Å². The Hall–Kier alpha value is -1.14. The van der Waals surface area contributed by atoms with Crippen molar-refractivity contribution in [1.82, 2.24) is 25.0 Å². The minimum Gasteiger partial charge on any atom is -0.354 e. The first-order valence-electron chi connectivity index (χ1n) is 10.1. The van der Waals surface area contributed by atoms with Gasteiger partial charge in [0.15, 0.2) is 11.1 Å². The first kappa shape index (κ1) is 24.1. The summed E-state index contributed by atoms with van der Waals surface area (Å²) in [5.41, 5.74) is 1.03. The highest BCUT2D eigenvalue weighted by atomic mass is 127. The zero-order chi connectivity index (χ0) is 19.9. The molecule has 3 heterocycles. The van der Waals surface area contributed by atoms with Crippen molar-refractivity contribution >= 4 is 52.3 Å². The molecule has 0 radical (unpaired) electrons. The summed E-state index contributed by atoms with van der Waals surface area (Å²) >= 11 is 1.65. The Kier molecular flexibility index (Phi) is 9.90. The van der Waals surface area contributed by atoms with Crippen LogP contribution in [0.3, 0.4) is 0 Å². The van der Waals surface area contributed by atoms with Gasteiger partial charge in [0, 0.05) is 65.8 Å². The highest BCUT2D eigenvalue weighted by Gasteiger charge is 2.24. The van der Waals surface area contributed by atoms with Gasteiger partial charge in [0.25, 0.3) is 0 Å². The Morgan fingerprint density at radius 3 is 2.41 bits per heavy atom. The number of hydrogen-bond acceptors (Lipinski definition) is 6. The summed E-state index contributed by atoms with van der Waals surface area (Å²) in [4.78, 5) is 30.1. The predicted molar refractivity (Wildman–Crippen MR) is 130 cm³/mol. The number of nitrogens with one attached hydrogen (secondary N) is 1. The van der Waals surface area contributed by atoms with Gasteiger partial charge in [-0.1, -0.05) is 0 Å². The van der Waals surface area contributed by atoms with Crippen molar-refractivity contribution in [3.8, 4) is 0 Å². The number of aliphatic imine (C=N–C) groups is 1. The average Bonchev–Trinajstić information content (AvgIpc) is 3.20. The fourth-order valence-electron chi connectivity index (χ4n) is 3.64. The van der Waals surface area contributed by atoms with Crippen LogP contribution in [0.15, 0.2) is 10.4 Å². The molecule has 0 bridgehead atoms. The molecule has 2 aliphatic heterocycles. The van der Waals surface area contributed by atoms with Crippen molar-refractivity contribution in [3.63, 3.8) is 0 Å². The number of likely N-dealkylation sites (tertiary alicyclic amines) is 1. The van der Waals surface area contributed by atoms with Crippen molar-refractivity contribution < 1.29 is 4.79 Å². The second-order valence-electron chi connectivity index (χ2n) is 7.62. The number of thiazole rings is 1. The van der Waals surface area contributed by atoms with Crippen LogP contribution in [-0.2, 0) is 11.3 Å². The minimum atomic E-state index is 0. The van der Waals surface area contributed by atoms with E-state index in [1.165, 1.54) is 6.42 Å². The Morgan fingerprint density at radius 1 is 1.14 bits per heavy atom. The van der Waals surface area contributed by atoms with Gasteiger partial charge in [0.2, 0.25) is 5.91 Å². The number of rotatable bonds is 5. The van der Waals surface area contributed by atoms with Gasteiger partial charge in [-0.25, -0.2) is 4.98 Å². The zero-order valence-corrected chi connectivity index (χ0v) is 20.9. The van der Waals surface area contributed by atoms with E-state index >= 15 is 0 Å². The molecule has 2 aliphatic rings. The molecule has 1 aromatic rings. The van der Waals surface area contributed by atoms with Crippen LogP contribution in [0.25, 0.3) is 0 Å². The maximum atomic E-state index is 12.5. The van der Waals surface area contributed by atoms with Gasteiger partial charge in [0.05, 0.1) is 18.8 Å². The van der Waals surface area contributed by atoms with Crippen LogP contribution in [0.4, 0.5) is 5.13 Å². The van der Waals surface area contributed by atoms with Crippen LogP contribution in [0.2, 0.25) is 0 Å². The lowest BCUT2D eigenvalue weighted by Crippen LogP contribution is -2.54. The van der Waals surface area contributed by atoms with Gasteiger partial charge in [-0.05, 0) is 19.3 Å². The molecule has 0 atom stereocenters. The standard InChI is InChI=1S/C19H33N7OS.HI/c1-20-18(21-13-16-15-28-19(22-16)23(2)3)26-11-9-24(10-12-26)14-17(27)25-7-5-4-6-8-25;/h15H,4-14H2,1-3H3,(H,20,21);1H. The number of nitrogens with zero attached hydrogens (tertiary/aromatic N) is 6. The maximum Gasteiger partial charge on any atom is 0.236 e. The van der Waals surface area contributed by atoms with E-state index in [-0.39, 0.29) is 29.9 Å². The largest absolute Gasteiger partial charge is 0.354 e. The van der Waals surface area contributed by atoms with Crippen molar-refractivity contribution in [3.05, 3.63) is 11.1 Å².